The summed E-state index contributed by atoms with van der Waals surface area (Å²) in [5, 5.41) is 2.71. The molecule has 0 spiro atoms. The molecule has 1 aliphatic carbocycles. The summed E-state index contributed by atoms with van der Waals surface area (Å²) in [7, 11) is -3.56. The van der Waals surface area contributed by atoms with Crippen LogP contribution in [-0.4, -0.2) is 37.3 Å². The predicted octanol–water partition coefficient (Wildman–Crippen LogP) is 1.88. The van der Waals surface area contributed by atoms with Crippen molar-refractivity contribution in [3.8, 4) is 0 Å². The zero-order valence-electron chi connectivity index (χ0n) is 13.6. The molecule has 2 rings (SSSR count). The highest BCUT2D eigenvalue weighted by atomic mass is 35.5. The normalized spacial score (nSPS) is 15.9. The molecule has 0 aliphatic heterocycles. The first kappa shape index (κ1) is 19.9. The van der Waals surface area contributed by atoms with Crippen LogP contribution in [0.5, 0.6) is 0 Å². The van der Waals surface area contributed by atoms with Crippen LogP contribution < -0.4 is 11.1 Å². The third kappa shape index (κ3) is 4.03. The average molecular weight is 362 g/mol. The zero-order valence-corrected chi connectivity index (χ0v) is 15.3. The number of halogens is 1. The van der Waals surface area contributed by atoms with Crippen LogP contribution in [-0.2, 0) is 14.8 Å². The van der Waals surface area contributed by atoms with Gasteiger partial charge in [-0.1, -0.05) is 19.9 Å². The van der Waals surface area contributed by atoms with E-state index in [0.717, 1.165) is 0 Å². The highest BCUT2D eigenvalue weighted by Gasteiger charge is 2.46. The van der Waals surface area contributed by atoms with Crippen LogP contribution in [0.3, 0.4) is 0 Å². The van der Waals surface area contributed by atoms with Crippen molar-refractivity contribution in [2.75, 3.05) is 18.4 Å². The molecule has 1 saturated carbocycles. The van der Waals surface area contributed by atoms with Crippen molar-refractivity contribution in [2.24, 2.45) is 5.73 Å². The van der Waals surface area contributed by atoms with Gasteiger partial charge in [0.05, 0.1) is 10.4 Å². The van der Waals surface area contributed by atoms with Crippen molar-refractivity contribution in [1.29, 1.82) is 0 Å². The van der Waals surface area contributed by atoms with Crippen LogP contribution in [0.15, 0.2) is 23.1 Å². The Hall–Kier alpha value is -1.15. The lowest BCUT2D eigenvalue weighted by Crippen LogP contribution is -2.38. The third-order valence-electron chi connectivity index (χ3n) is 4.01. The molecular formula is C15H24ClN3O3S. The molecular weight excluding hydrogens is 338 g/mol. The second-order valence-electron chi connectivity index (χ2n) is 5.68. The number of sulfonamides is 1. The van der Waals surface area contributed by atoms with Crippen molar-refractivity contribution in [2.45, 2.75) is 44.0 Å². The van der Waals surface area contributed by atoms with Gasteiger partial charge < -0.3 is 11.1 Å². The summed E-state index contributed by atoms with van der Waals surface area (Å²) < 4.78 is 26.7. The largest absolute Gasteiger partial charge is 0.324 e. The van der Waals surface area contributed by atoms with Gasteiger partial charge in [0.2, 0.25) is 15.9 Å². The van der Waals surface area contributed by atoms with Gasteiger partial charge in [-0.2, -0.15) is 4.31 Å². The van der Waals surface area contributed by atoms with Gasteiger partial charge in [0.25, 0.3) is 0 Å². The number of carbonyl (C=O) groups excluding carboxylic acids is 1. The Balaban J connectivity index is 0.00000264. The van der Waals surface area contributed by atoms with Crippen molar-refractivity contribution >= 4 is 34.0 Å². The summed E-state index contributed by atoms with van der Waals surface area (Å²) in [6, 6.07) is 4.90. The molecule has 0 atom stereocenters. The topological polar surface area (TPSA) is 92.5 Å². The highest BCUT2D eigenvalue weighted by Crippen LogP contribution is 2.33. The minimum absolute atomic E-state index is 0. The summed E-state index contributed by atoms with van der Waals surface area (Å²) in [5.41, 5.74) is 6.16. The van der Waals surface area contributed by atoms with Crippen LogP contribution in [0.4, 0.5) is 5.69 Å². The first-order valence-electron chi connectivity index (χ1n) is 7.45. The summed E-state index contributed by atoms with van der Waals surface area (Å²) >= 11 is 0. The summed E-state index contributed by atoms with van der Waals surface area (Å²) in [4.78, 5) is 12.2. The molecule has 3 N–H and O–H groups in total. The Kier molecular flexibility index (Phi) is 6.20. The summed E-state index contributed by atoms with van der Waals surface area (Å²) in [6.07, 6.45) is 1.32. The highest BCUT2D eigenvalue weighted by molar-refractivity contribution is 7.89. The molecule has 0 aromatic heterocycles. The number of hydrogen-bond acceptors (Lipinski definition) is 4. The third-order valence-corrected chi connectivity index (χ3v) is 6.20. The van der Waals surface area contributed by atoms with Gasteiger partial charge in [0.15, 0.2) is 0 Å². The lowest BCUT2D eigenvalue weighted by atomic mass is 10.2. The number of hydrogen-bond donors (Lipinski definition) is 2. The maximum atomic E-state index is 12.7. The van der Waals surface area contributed by atoms with Crippen molar-refractivity contribution in [3.63, 3.8) is 0 Å². The standard InChI is InChI=1S/C15H23N3O3S.ClH/c1-4-18(5-2)22(20,21)13-10-12(7-6-11(13)3)17-14(19)15(16)8-9-15;/h6-7,10H,4-5,8-9,16H2,1-3H3,(H,17,19);1H. The molecule has 0 unspecified atom stereocenters. The van der Waals surface area contributed by atoms with Gasteiger partial charge >= 0.3 is 0 Å². The van der Waals surface area contributed by atoms with E-state index in [-0.39, 0.29) is 23.2 Å². The van der Waals surface area contributed by atoms with Crippen LogP contribution in [0, 0.1) is 6.92 Å². The molecule has 1 fully saturated rings. The zero-order chi connectivity index (χ0) is 16.5. The summed E-state index contributed by atoms with van der Waals surface area (Å²) in [5.74, 6) is -0.262. The Morgan fingerprint density at radius 3 is 2.35 bits per heavy atom. The first-order valence-corrected chi connectivity index (χ1v) is 8.89. The lowest BCUT2D eigenvalue weighted by Gasteiger charge is -2.20. The number of benzene rings is 1. The fraction of sp³-hybridized carbons (Fsp3) is 0.533. The van der Waals surface area contributed by atoms with E-state index in [2.05, 4.69) is 5.32 Å². The minimum atomic E-state index is -3.56. The molecule has 1 aromatic rings. The van der Waals surface area contributed by atoms with Gasteiger partial charge in [-0.25, -0.2) is 8.42 Å². The SMILES string of the molecule is CCN(CC)S(=O)(=O)c1cc(NC(=O)C2(N)CC2)ccc1C.Cl. The fourth-order valence-electron chi connectivity index (χ4n) is 2.28. The van der Waals surface area contributed by atoms with E-state index in [1.807, 2.05) is 0 Å². The molecule has 1 aromatic carbocycles. The Morgan fingerprint density at radius 1 is 1.30 bits per heavy atom. The van der Waals surface area contributed by atoms with Gasteiger partial charge in [-0.3, -0.25) is 4.79 Å². The van der Waals surface area contributed by atoms with Gasteiger partial charge in [0.1, 0.15) is 0 Å². The van der Waals surface area contributed by atoms with Gasteiger partial charge in [-0.05, 0) is 37.5 Å². The van der Waals surface area contributed by atoms with Crippen LogP contribution in [0.2, 0.25) is 0 Å². The molecule has 23 heavy (non-hydrogen) atoms. The Bertz CT molecular complexity index is 683. The lowest BCUT2D eigenvalue weighted by molar-refractivity contribution is -0.118. The van der Waals surface area contributed by atoms with E-state index >= 15 is 0 Å². The van der Waals surface area contributed by atoms with E-state index < -0.39 is 15.6 Å². The average Bonchev–Trinajstić information content (AvgIpc) is 3.21. The second-order valence-corrected chi connectivity index (χ2v) is 7.59. The molecule has 0 saturated heterocycles. The Labute approximate surface area is 143 Å². The fourth-order valence-corrected chi connectivity index (χ4v) is 3.98. The number of anilines is 1. The van der Waals surface area contributed by atoms with E-state index in [0.29, 0.717) is 37.2 Å². The quantitative estimate of drug-likeness (QED) is 0.809. The predicted molar refractivity (Wildman–Crippen MR) is 93.3 cm³/mol. The van der Waals surface area contributed by atoms with Gasteiger partial charge in [-0.15, -0.1) is 12.4 Å². The summed E-state index contributed by atoms with van der Waals surface area (Å²) in [6.45, 7) is 6.15. The van der Waals surface area contributed by atoms with Gasteiger partial charge in [0, 0.05) is 18.8 Å². The van der Waals surface area contributed by atoms with Crippen LogP contribution >= 0.6 is 12.4 Å². The van der Waals surface area contributed by atoms with E-state index in [1.165, 1.54) is 10.4 Å². The first-order chi connectivity index (χ1) is 10.2. The molecule has 1 aliphatic rings. The maximum Gasteiger partial charge on any atom is 0.244 e. The molecule has 0 heterocycles. The Morgan fingerprint density at radius 2 is 1.87 bits per heavy atom. The van der Waals surface area contributed by atoms with E-state index in [1.54, 1.807) is 32.9 Å². The number of aryl methyl sites for hydroxylation is 1. The second kappa shape index (κ2) is 7.17. The van der Waals surface area contributed by atoms with Crippen LogP contribution in [0.1, 0.15) is 32.3 Å². The number of nitrogens with zero attached hydrogens (tertiary/aromatic N) is 1. The number of nitrogens with one attached hydrogen (secondary N) is 1. The van der Waals surface area contributed by atoms with Crippen LogP contribution in [0.25, 0.3) is 0 Å². The van der Waals surface area contributed by atoms with E-state index in [4.69, 9.17) is 5.73 Å². The van der Waals surface area contributed by atoms with E-state index in [9.17, 15) is 13.2 Å². The maximum absolute atomic E-state index is 12.7. The smallest absolute Gasteiger partial charge is 0.244 e. The van der Waals surface area contributed by atoms with Crippen molar-refractivity contribution in [1.82, 2.24) is 4.31 Å². The number of amides is 1. The number of carbonyl (C=O) groups is 1. The molecule has 0 radical (unpaired) electrons. The van der Waals surface area contributed by atoms with Crippen molar-refractivity contribution in [3.05, 3.63) is 23.8 Å². The monoisotopic (exact) mass is 361 g/mol. The number of nitrogens with two attached hydrogens (primary N) is 1. The molecule has 6 nitrogen and oxygen atoms in total. The minimum Gasteiger partial charge on any atom is -0.324 e. The molecule has 0 bridgehead atoms. The molecule has 1 amide bonds. The van der Waals surface area contributed by atoms with Crippen molar-refractivity contribution < 1.29 is 13.2 Å². The molecule has 8 heteroatoms. The molecule has 130 valence electrons. The number of rotatable bonds is 6.